The Morgan fingerprint density at radius 1 is 0.958 bits per heavy atom. The molecule has 0 aliphatic rings. The Morgan fingerprint density at radius 2 is 1.46 bits per heavy atom. The van der Waals surface area contributed by atoms with E-state index in [-0.39, 0.29) is 5.69 Å². The van der Waals surface area contributed by atoms with Gasteiger partial charge in [0.15, 0.2) is 5.75 Å². The first-order valence-electron chi connectivity index (χ1n) is 6.54. The standard InChI is InChI=1S/C13H14N6O5/c14-24-23-12-7-3-10(4-8-12)16-18-13(20)17-15-9-1-5-11(6-2-9)19(21)22/h1-8,15-16H,14H2,(H2,17,18,20). The Bertz CT molecular complexity index is 691. The average Bonchev–Trinajstić information content (AvgIpc) is 2.60. The van der Waals surface area contributed by atoms with Gasteiger partial charge in [0.05, 0.1) is 16.3 Å². The second-order valence-electron chi connectivity index (χ2n) is 4.34. The molecule has 2 rings (SSSR count). The molecule has 0 saturated heterocycles. The number of carbonyl (C=O) groups excluding carboxylic acids is 1. The lowest BCUT2D eigenvalue weighted by Crippen LogP contribution is -2.41. The molecular formula is C13H14N6O5. The minimum absolute atomic E-state index is 0.0425. The van der Waals surface area contributed by atoms with Crippen molar-refractivity contribution in [3.05, 3.63) is 58.6 Å². The number of carbonyl (C=O) groups is 1. The summed E-state index contributed by atoms with van der Waals surface area (Å²) in [6.45, 7) is 0. The summed E-state index contributed by atoms with van der Waals surface area (Å²) < 4.78 is 0. The minimum Gasteiger partial charge on any atom is -0.320 e. The molecule has 11 heteroatoms. The summed E-state index contributed by atoms with van der Waals surface area (Å²) in [6.07, 6.45) is 0. The number of hydrogen-bond donors (Lipinski definition) is 5. The molecule has 0 aliphatic heterocycles. The molecule has 0 bridgehead atoms. The summed E-state index contributed by atoms with van der Waals surface area (Å²) in [6, 6.07) is 11.4. The van der Waals surface area contributed by atoms with Crippen LogP contribution in [0.1, 0.15) is 0 Å². The number of nitrogens with one attached hydrogen (secondary N) is 4. The maximum absolute atomic E-state index is 11.6. The van der Waals surface area contributed by atoms with Crippen molar-refractivity contribution in [1.29, 1.82) is 0 Å². The number of nitro groups is 1. The monoisotopic (exact) mass is 334 g/mol. The van der Waals surface area contributed by atoms with Crippen molar-refractivity contribution >= 4 is 23.1 Å². The molecule has 0 spiro atoms. The van der Waals surface area contributed by atoms with Crippen molar-refractivity contribution in [2.45, 2.75) is 0 Å². The number of urea groups is 1. The van der Waals surface area contributed by atoms with Gasteiger partial charge in [-0.15, -0.1) is 0 Å². The van der Waals surface area contributed by atoms with Crippen LogP contribution in [0.25, 0.3) is 0 Å². The zero-order valence-corrected chi connectivity index (χ0v) is 12.2. The lowest BCUT2D eigenvalue weighted by atomic mass is 10.3. The van der Waals surface area contributed by atoms with E-state index in [1.807, 2.05) is 0 Å². The maximum atomic E-state index is 11.6. The summed E-state index contributed by atoms with van der Waals surface area (Å²) in [5.41, 5.74) is 11.0. The first-order chi connectivity index (χ1) is 11.6. The van der Waals surface area contributed by atoms with Crippen molar-refractivity contribution < 1.29 is 19.6 Å². The van der Waals surface area contributed by atoms with Gasteiger partial charge in [-0.1, -0.05) is 4.99 Å². The van der Waals surface area contributed by atoms with Crippen molar-refractivity contribution in [2.24, 2.45) is 5.90 Å². The van der Waals surface area contributed by atoms with E-state index in [1.165, 1.54) is 24.3 Å². The molecule has 0 unspecified atom stereocenters. The highest BCUT2D eigenvalue weighted by Crippen LogP contribution is 2.15. The highest BCUT2D eigenvalue weighted by Gasteiger charge is 2.04. The van der Waals surface area contributed by atoms with E-state index in [4.69, 9.17) is 5.90 Å². The Balaban J connectivity index is 1.75. The van der Waals surface area contributed by atoms with E-state index in [1.54, 1.807) is 24.3 Å². The van der Waals surface area contributed by atoms with E-state index in [0.29, 0.717) is 17.1 Å². The Morgan fingerprint density at radius 3 is 1.92 bits per heavy atom. The van der Waals surface area contributed by atoms with E-state index in [9.17, 15) is 14.9 Å². The molecule has 6 N–H and O–H groups in total. The van der Waals surface area contributed by atoms with E-state index in [2.05, 4.69) is 31.6 Å². The van der Waals surface area contributed by atoms with Gasteiger partial charge in [0.2, 0.25) is 0 Å². The normalized spacial score (nSPS) is 9.71. The molecule has 24 heavy (non-hydrogen) atoms. The summed E-state index contributed by atoms with van der Waals surface area (Å²) in [5.74, 6) is 5.15. The molecule has 126 valence electrons. The number of amides is 2. The third-order valence-corrected chi connectivity index (χ3v) is 2.72. The van der Waals surface area contributed by atoms with Crippen LogP contribution < -0.4 is 32.5 Å². The topological polar surface area (TPSA) is 153 Å². The first kappa shape index (κ1) is 16.8. The van der Waals surface area contributed by atoms with Gasteiger partial charge < -0.3 is 4.89 Å². The summed E-state index contributed by atoms with van der Waals surface area (Å²) >= 11 is 0. The molecule has 11 nitrogen and oxygen atoms in total. The van der Waals surface area contributed by atoms with E-state index >= 15 is 0 Å². The largest absolute Gasteiger partial charge is 0.352 e. The predicted molar refractivity (Wildman–Crippen MR) is 84.4 cm³/mol. The number of hydrazine groups is 2. The fraction of sp³-hybridized carbons (Fsp3) is 0. The molecule has 0 saturated carbocycles. The molecule has 2 amide bonds. The SMILES string of the molecule is NOOc1ccc(NNC(=O)NNc2ccc([N+](=O)[O-])cc2)cc1. The second kappa shape index (κ2) is 8.17. The number of hydrogen-bond acceptors (Lipinski definition) is 8. The van der Waals surface area contributed by atoms with E-state index in [0.717, 1.165) is 0 Å². The number of nitro benzene ring substituents is 1. The van der Waals surface area contributed by atoms with Gasteiger partial charge in [-0.3, -0.25) is 31.8 Å². The van der Waals surface area contributed by atoms with Crippen LogP contribution in [-0.2, 0) is 4.99 Å². The lowest BCUT2D eigenvalue weighted by Gasteiger charge is -2.11. The van der Waals surface area contributed by atoms with Crippen LogP contribution in [0.3, 0.4) is 0 Å². The molecule has 0 aliphatic carbocycles. The number of anilines is 2. The van der Waals surface area contributed by atoms with Crippen LogP contribution in [0.4, 0.5) is 21.9 Å². The number of nitrogens with two attached hydrogens (primary N) is 1. The van der Waals surface area contributed by atoms with Crippen molar-refractivity contribution in [2.75, 3.05) is 10.9 Å². The summed E-state index contributed by atoms with van der Waals surface area (Å²) in [4.78, 5) is 30.2. The molecule has 0 atom stereocenters. The fourth-order valence-electron chi connectivity index (χ4n) is 1.60. The predicted octanol–water partition coefficient (Wildman–Crippen LogP) is 1.43. The minimum atomic E-state index is -0.570. The van der Waals surface area contributed by atoms with Crippen molar-refractivity contribution in [3.63, 3.8) is 0 Å². The zero-order chi connectivity index (χ0) is 17.4. The number of nitrogens with zero attached hydrogens (tertiary/aromatic N) is 1. The zero-order valence-electron chi connectivity index (χ0n) is 12.2. The Kier molecular flexibility index (Phi) is 5.71. The third kappa shape index (κ3) is 5.01. The smallest absolute Gasteiger partial charge is 0.320 e. The molecule has 2 aromatic carbocycles. The number of benzene rings is 2. The molecule has 0 aromatic heterocycles. The highest BCUT2D eigenvalue weighted by atomic mass is 17.3. The third-order valence-electron chi connectivity index (χ3n) is 2.72. The Hall–Kier alpha value is -3.57. The summed E-state index contributed by atoms with van der Waals surface area (Å²) in [7, 11) is 0. The Labute approximate surface area is 135 Å². The van der Waals surface area contributed by atoms with Crippen LogP contribution in [0.15, 0.2) is 48.5 Å². The summed E-state index contributed by atoms with van der Waals surface area (Å²) in [5, 5.41) is 10.5. The van der Waals surface area contributed by atoms with Gasteiger partial charge in [-0.25, -0.2) is 4.79 Å². The maximum Gasteiger partial charge on any atom is 0.352 e. The number of non-ortho nitro benzene ring substituents is 1. The van der Waals surface area contributed by atoms with Crippen LogP contribution in [0.5, 0.6) is 5.75 Å². The van der Waals surface area contributed by atoms with Gasteiger partial charge in [0.1, 0.15) is 0 Å². The van der Waals surface area contributed by atoms with Gasteiger partial charge in [0, 0.05) is 12.1 Å². The van der Waals surface area contributed by atoms with Crippen LogP contribution in [-0.4, -0.2) is 11.0 Å². The molecule has 0 fully saturated rings. The fourth-order valence-corrected chi connectivity index (χ4v) is 1.60. The quantitative estimate of drug-likeness (QED) is 0.289. The van der Waals surface area contributed by atoms with Crippen LogP contribution in [0, 0.1) is 10.1 Å². The first-order valence-corrected chi connectivity index (χ1v) is 6.54. The average molecular weight is 334 g/mol. The van der Waals surface area contributed by atoms with Gasteiger partial charge in [-0.2, -0.15) is 5.90 Å². The highest BCUT2D eigenvalue weighted by molar-refractivity contribution is 5.77. The van der Waals surface area contributed by atoms with Gasteiger partial charge >= 0.3 is 6.03 Å². The van der Waals surface area contributed by atoms with Gasteiger partial charge in [0.25, 0.3) is 5.69 Å². The molecule has 0 radical (unpaired) electrons. The lowest BCUT2D eigenvalue weighted by molar-refractivity contribution is -0.384. The van der Waals surface area contributed by atoms with Crippen molar-refractivity contribution in [3.8, 4) is 5.75 Å². The van der Waals surface area contributed by atoms with Crippen LogP contribution >= 0.6 is 0 Å². The second-order valence-corrected chi connectivity index (χ2v) is 4.34. The molecule has 2 aromatic rings. The number of rotatable bonds is 7. The van der Waals surface area contributed by atoms with Crippen LogP contribution in [0.2, 0.25) is 0 Å². The molecular weight excluding hydrogens is 320 g/mol. The molecule has 0 heterocycles. The van der Waals surface area contributed by atoms with Gasteiger partial charge in [-0.05, 0) is 36.4 Å². The van der Waals surface area contributed by atoms with E-state index < -0.39 is 11.0 Å². The van der Waals surface area contributed by atoms with Crippen molar-refractivity contribution in [1.82, 2.24) is 10.9 Å².